The smallest absolute Gasteiger partial charge is 0.123 e. The molecule has 1 saturated heterocycles. The standard InChI is InChI=1S/C16H26BrN3O/c1-18(2)6-7-19-8-10-20(11-9-19)13-14-12-15(17)4-5-16(14)21-3/h4-5,12H,6-11,13H2,1-3H3. The third kappa shape index (κ3) is 5.25. The lowest BCUT2D eigenvalue weighted by Gasteiger charge is -2.35. The first-order valence-corrected chi connectivity index (χ1v) is 8.29. The Morgan fingerprint density at radius 2 is 1.81 bits per heavy atom. The van der Waals surface area contributed by atoms with E-state index in [1.807, 2.05) is 12.1 Å². The molecular weight excluding hydrogens is 330 g/mol. The number of rotatable bonds is 6. The van der Waals surface area contributed by atoms with Gasteiger partial charge in [0.2, 0.25) is 0 Å². The van der Waals surface area contributed by atoms with E-state index in [0.717, 1.165) is 49.5 Å². The molecule has 0 amide bonds. The van der Waals surface area contributed by atoms with E-state index in [9.17, 15) is 0 Å². The van der Waals surface area contributed by atoms with Gasteiger partial charge in [-0.15, -0.1) is 0 Å². The molecule has 0 spiro atoms. The van der Waals surface area contributed by atoms with Crippen LogP contribution >= 0.6 is 15.9 Å². The summed E-state index contributed by atoms with van der Waals surface area (Å²) in [7, 11) is 6.01. The summed E-state index contributed by atoms with van der Waals surface area (Å²) >= 11 is 3.55. The molecule has 0 bridgehead atoms. The molecule has 0 radical (unpaired) electrons. The van der Waals surface area contributed by atoms with Crippen molar-refractivity contribution >= 4 is 15.9 Å². The molecule has 0 saturated carbocycles. The number of ether oxygens (including phenoxy) is 1. The van der Waals surface area contributed by atoms with E-state index in [0.29, 0.717) is 0 Å². The van der Waals surface area contributed by atoms with Gasteiger partial charge in [-0.3, -0.25) is 9.80 Å². The first kappa shape index (κ1) is 16.7. The Bertz CT molecular complexity index is 445. The molecule has 2 rings (SSSR count). The van der Waals surface area contributed by atoms with Crippen molar-refractivity contribution in [3.8, 4) is 5.75 Å². The highest BCUT2D eigenvalue weighted by Crippen LogP contribution is 2.24. The Morgan fingerprint density at radius 3 is 2.43 bits per heavy atom. The highest BCUT2D eigenvalue weighted by atomic mass is 79.9. The SMILES string of the molecule is COc1ccc(Br)cc1CN1CCN(CCN(C)C)CC1. The molecule has 1 fully saturated rings. The normalized spacial score (nSPS) is 17.4. The number of benzene rings is 1. The topological polar surface area (TPSA) is 19.0 Å². The summed E-state index contributed by atoms with van der Waals surface area (Å²) in [5.41, 5.74) is 1.26. The maximum absolute atomic E-state index is 5.46. The Labute approximate surface area is 136 Å². The van der Waals surface area contributed by atoms with Crippen molar-refractivity contribution in [2.45, 2.75) is 6.54 Å². The first-order chi connectivity index (χ1) is 10.1. The molecule has 5 heteroatoms. The molecule has 21 heavy (non-hydrogen) atoms. The van der Waals surface area contributed by atoms with E-state index in [2.05, 4.69) is 50.8 Å². The summed E-state index contributed by atoms with van der Waals surface area (Å²) in [6, 6.07) is 6.23. The molecule has 0 unspecified atom stereocenters. The van der Waals surface area contributed by atoms with E-state index >= 15 is 0 Å². The van der Waals surface area contributed by atoms with Gasteiger partial charge in [0.15, 0.2) is 0 Å². The van der Waals surface area contributed by atoms with Crippen LogP contribution in [0.4, 0.5) is 0 Å². The van der Waals surface area contributed by atoms with Crippen molar-refractivity contribution < 1.29 is 4.74 Å². The minimum atomic E-state index is 0.962. The Kier molecular flexibility index (Phi) is 6.48. The molecule has 0 aromatic heterocycles. The lowest BCUT2D eigenvalue weighted by molar-refractivity contribution is 0.120. The van der Waals surface area contributed by atoms with Crippen LogP contribution in [0.2, 0.25) is 0 Å². The summed E-state index contributed by atoms with van der Waals surface area (Å²) in [5, 5.41) is 0. The van der Waals surface area contributed by atoms with Gasteiger partial charge >= 0.3 is 0 Å². The van der Waals surface area contributed by atoms with E-state index in [1.165, 1.54) is 12.1 Å². The molecule has 1 heterocycles. The number of methoxy groups -OCH3 is 1. The van der Waals surface area contributed by atoms with Gasteiger partial charge < -0.3 is 9.64 Å². The van der Waals surface area contributed by atoms with Crippen LogP contribution in [0.5, 0.6) is 5.75 Å². The monoisotopic (exact) mass is 355 g/mol. The van der Waals surface area contributed by atoms with Crippen LogP contribution in [0.25, 0.3) is 0 Å². The molecule has 1 aromatic rings. The fourth-order valence-corrected chi connectivity index (χ4v) is 3.03. The van der Waals surface area contributed by atoms with Gasteiger partial charge in [-0.05, 0) is 32.3 Å². The first-order valence-electron chi connectivity index (χ1n) is 7.50. The lowest BCUT2D eigenvalue weighted by atomic mass is 10.1. The quantitative estimate of drug-likeness (QED) is 0.777. The Balaban J connectivity index is 1.84. The van der Waals surface area contributed by atoms with E-state index in [1.54, 1.807) is 7.11 Å². The third-order valence-corrected chi connectivity index (χ3v) is 4.46. The fraction of sp³-hybridized carbons (Fsp3) is 0.625. The van der Waals surface area contributed by atoms with Crippen molar-refractivity contribution in [2.75, 3.05) is 60.5 Å². The zero-order chi connectivity index (χ0) is 15.2. The van der Waals surface area contributed by atoms with Crippen LogP contribution < -0.4 is 4.74 Å². The summed E-state index contributed by atoms with van der Waals surface area (Å²) < 4.78 is 6.58. The van der Waals surface area contributed by atoms with Crippen molar-refractivity contribution in [3.05, 3.63) is 28.2 Å². The fourth-order valence-electron chi connectivity index (χ4n) is 2.62. The lowest BCUT2D eigenvalue weighted by Crippen LogP contribution is -2.47. The van der Waals surface area contributed by atoms with Crippen molar-refractivity contribution in [3.63, 3.8) is 0 Å². The van der Waals surface area contributed by atoms with Crippen LogP contribution in [0.3, 0.4) is 0 Å². The number of hydrogen-bond acceptors (Lipinski definition) is 4. The maximum Gasteiger partial charge on any atom is 0.123 e. The number of hydrogen-bond donors (Lipinski definition) is 0. The molecular formula is C16H26BrN3O. The molecule has 0 N–H and O–H groups in total. The maximum atomic E-state index is 5.46. The predicted molar refractivity (Wildman–Crippen MR) is 91.0 cm³/mol. The van der Waals surface area contributed by atoms with Crippen LogP contribution in [-0.2, 0) is 6.54 Å². The Hall–Kier alpha value is -0.620. The van der Waals surface area contributed by atoms with Gasteiger partial charge in [0.1, 0.15) is 5.75 Å². The van der Waals surface area contributed by atoms with Crippen LogP contribution in [-0.4, -0.2) is 75.2 Å². The second-order valence-electron chi connectivity index (χ2n) is 5.88. The minimum Gasteiger partial charge on any atom is -0.496 e. The predicted octanol–water partition coefficient (Wildman–Crippen LogP) is 2.14. The van der Waals surface area contributed by atoms with Crippen LogP contribution in [0.15, 0.2) is 22.7 Å². The van der Waals surface area contributed by atoms with Crippen molar-refractivity contribution in [2.24, 2.45) is 0 Å². The highest BCUT2D eigenvalue weighted by molar-refractivity contribution is 9.10. The Morgan fingerprint density at radius 1 is 1.14 bits per heavy atom. The number of nitrogens with zero attached hydrogens (tertiary/aromatic N) is 3. The molecule has 118 valence electrons. The zero-order valence-corrected chi connectivity index (χ0v) is 14.9. The average molecular weight is 356 g/mol. The summed E-state index contributed by atoms with van der Waals surface area (Å²) in [6.07, 6.45) is 0. The molecule has 1 aliphatic rings. The molecule has 1 aliphatic heterocycles. The van der Waals surface area contributed by atoms with Crippen LogP contribution in [0.1, 0.15) is 5.56 Å². The van der Waals surface area contributed by atoms with Crippen LogP contribution in [0, 0.1) is 0 Å². The van der Waals surface area contributed by atoms with Gasteiger partial charge in [0, 0.05) is 55.8 Å². The second kappa shape index (κ2) is 8.13. The average Bonchev–Trinajstić information content (AvgIpc) is 2.47. The highest BCUT2D eigenvalue weighted by Gasteiger charge is 2.18. The second-order valence-corrected chi connectivity index (χ2v) is 6.79. The van der Waals surface area contributed by atoms with E-state index in [4.69, 9.17) is 4.74 Å². The zero-order valence-electron chi connectivity index (χ0n) is 13.3. The van der Waals surface area contributed by atoms with Gasteiger partial charge in [0.25, 0.3) is 0 Å². The molecule has 4 nitrogen and oxygen atoms in total. The van der Waals surface area contributed by atoms with Gasteiger partial charge in [0.05, 0.1) is 7.11 Å². The number of piperazine rings is 1. The molecule has 0 atom stereocenters. The van der Waals surface area contributed by atoms with Gasteiger partial charge in [-0.25, -0.2) is 0 Å². The van der Waals surface area contributed by atoms with Gasteiger partial charge in [-0.1, -0.05) is 15.9 Å². The minimum absolute atomic E-state index is 0.962. The summed E-state index contributed by atoms with van der Waals surface area (Å²) in [4.78, 5) is 7.31. The molecule has 0 aliphatic carbocycles. The summed E-state index contributed by atoms with van der Waals surface area (Å²) in [6.45, 7) is 7.84. The van der Waals surface area contributed by atoms with Crippen molar-refractivity contribution in [1.82, 2.24) is 14.7 Å². The molecule has 1 aromatic carbocycles. The largest absolute Gasteiger partial charge is 0.496 e. The van der Waals surface area contributed by atoms with E-state index in [-0.39, 0.29) is 0 Å². The summed E-state index contributed by atoms with van der Waals surface area (Å²) in [5.74, 6) is 0.980. The van der Waals surface area contributed by atoms with Crippen molar-refractivity contribution in [1.29, 1.82) is 0 Å². The third-order valence-electron chi connectivity index (χ3n) is 3.96. The number of halogens is 1. The van der Waals surface area contributed by atoms with Gasteiger partial charge in [-0.2, -0.15) is 0 Å². The number of likely N-dealkylation sites (N-methyl/N-ethyl adjacent to an activating group) is 1. The van der Waals surface area contributed by atoms with E-state index < -0.39 is 0 Å².